The maximum Gasteiger partial charge on any atom is 0.253 e. The Morgan fingerprint density at radius 3 is 2.62 bits per heavy atom. The molecule has 0 aromatic heterocycles. The first-order valence-electron chi connectivity index (χ1n) is 6.70. The number of ether oxygens (including phenoxy) is 1. The van der Waals surface area contributed by atoms with Crippen LogP contribution in [0.1, 0.15) is 23.2 Å². The number of amidine groups is 1. The molecular weight excluding hydrogens is 274 g/mol. The van der Waals surface area contributed by atoms with Crippen LogP contribution in [-0.2, 0) is 0 Å². The Balaban J connectivity index is 2.03. The molecule has 1 heterocycles. The standard InChI is InChI=1S/C14H19N3O4/c1-21-12-3-2-10(8-11(12)18)14(19)17-6-4-9(5-7-17)13(15)16-20/h2-3,8-9,18,20H,4-7H2,1H3,(H2,15,16). The van der Waals surface area contributed by atoms with Crippen molar-refractivity contribution in [2.24, 2.45) is 16.8 Å². The number of rotatable bonds is 3. The number of oxime groups is 1. The first-order chi connectivity index (χ1) is 10.1. The molecule has 114 valence electrons. The number of carbonyl (C=O) groups is 1. The molecule has 1 saturated heterocycles. The molecule has 1 aliphatic rings. The van der Waals surface area contributed by atoms with Gasteiger partial charge in [0.25, 0.3) is 5.91 Å². The van der Waals surface area contributed by atoms with Gasteiger partial charge in [0.05, 0.1) is 7.11 Å². The summed E-state index contributed by atoms with van der Waals surface area (Å²) in [5, 5.41) is 21.4. The lowest BCUT2D eigenvalue weighted by molar-refractivity contribution is 0.0708. The van der Waals surface area contributed by atoms with E-state index in [2.05, 4.69) is 5.16 Å². The van der Waals surface area contributed by atoms with Gasteiger partial charge in [0, 0.05) is 24.6 Å². The minimum atomic E-state index is -0.147. The van der Waals surface area contributed by atoms with E-state index >= 15 is 0 Å². The summed E-state index contributed by atoms with van der Waals surface area (Å²) < 4.78 is 4.95. The Morgan fingerprint density at radius 2 is 2.10 bits per heavy atom. The van der Waals surface area contributed by atoms with E-state index in [0.717, 1.165) is 0 Å². The van der Waals surface area contributed by atoms with Crippen LogP contribution >= 0.6 is 0 Å². The van der Waals surface area contributed by atoms with Crippen molar-refractivity contribution in [3.63, 3.8) is 0 Å². The zero-order valence-corrected chi connectivity index (χ0v) is 11.8. The van der Waals surface area contributed by atoms with Gasteiger partial charge in [-0.1, -0.05) is 5.16 Å². The van der Waals surface area contributed by atoms with E-state index in [9.17, 15) is 9.90 Å². The second-order valence-corrected chi connectivity index (χ2v) is 4.98. The molecule has 7 nitrogen and oxygen atoms in total. The molecule has 1 amide bonds. The predicted octanol–water partition coefficient (Wildman–Crippen LogP) is 0.999. The Morgan fingerprint density at radius 1 is 1.43 bits per heavy atom. The van der Waals surface area contributed by atoms with Gasteiger partial charge in [-0.05, 0) is 31.0 Å². The van der Waals surface area contributed by atoms with Crippen LogP contribution in [0.25, 0.3) is 0 Å². The van der Waals surface area contributed by atoms with Crippen molar-refractivity contribution < 1.29 is 19.8 Å². The van der Waals surface area contributed by atoms with E-state index in [1.54, 1.807) is 17.0 Å². The zero-order chi connectivity index (χ0) is 15.4. The number of methoxy groups -OCH3 is 1. The monoisotopic (exact) mass is 293 g/mol. The Kier molecular flexibility index (Phi) is 4.52. The van der Waals surface area contributed by atoms with E-state index in [0.29, 0.717) is 37.2 Å². The average molecular weight is 293 g/mol. The van der Waals surface area contributed by atoms with E-state index in [1.807, 2.05) is 0 Å². The number of nitrogens with zero attached hydrogens (tertiary/aromatic N) is 2. The van der Waals surface area contributed by atoms with Crippen LogP contribution in [0, 0.1) is 5.92 Å². The van der Waals surface area contributed by atoms with E-state index in [1.165, 1.54) is 13.2 Å². The lowest BCUT2D eigenvalue weighted by Gasteiger charge is -2.31. The molecule has 7 heteroatoms. The fourth-order valence-corrected chi connectivity index (χ4v) is 2.47. The minimum Gasteiger partial charge on any atom is -0.504 e. The molecule has 0 saturated carbocycles. The summed E-state index contributed by atoms with van der Waals surface area (Å²) in [6.45, 7) is 1.07. The third-order valence-electron chi connectivity index (χ3n) is 3.74. The van der Waals surface area contributed by atoms with Crippen LogP contribution in [0.4, 0.5) is 0 Å². The highest BCUT2D eigenvalue weighted by Gasteiger charge is 2.26. The number of phenols is 1. The molecule has 1 aromatic rings. The van der Waals surface area contributed by atoms with E-state index in [4.69, 9.17) is 15.7 Å². The van der Waals surface area contributed by atoms with Gasteiger partial charge >= 0.3 is 0 Å². The largest absolute Gasteiger partial charge is 0.504 e. The molecule has 0 spiro atoms. The lowest BCUT2D eigenvalue weighted by Crippen LogP contribution is -2.41. The number of phenolic OH excluding ortho intramolecular Hbond substituents is 1. The maximum absolute atomic E-state index is 12.4. The first-order valence-corrected chi connectivity index (χ1v) is 6.70. The van der Waals surface area contributed by atoms with Gasteiger partial charge in [-0.2, -0.15) is 0 Å². The summed E-state index contributed by atoms with van der Waals surface area (Å²) in [5.41, 5.74) is 5.99. The highest BCUT2D eigenvalue weighted by Crippen LogP contribution is 2.27. The molecular formula is C14H19N3O4. The van der Waals surface area contributed by atoms with Crippen molar-refractivity contribution in [1.29, 1.82) is 0 Å². The molecule has 1 fully saturated rings. The van der Waals surface area contributed by atoms with Crippen LogP contribution in [0.3, 0.4) is 0 Å². The Bertz CT molecular complexity index is 551. The summed E-state index contributed by atoms with van der Waals surface area (Å²) in [6.07, 6.45) is 1.31. The lowest BCUT2D eigenvalue weighted by atomic mass is 9.95. The fraction of sp³-hybridized carbons (Fsp3) is 0.429. The molecule has 1 aromatic carbocycles. The number of nitrogens with two attached hydrogens (primary N) is 1. The van der Waals surface area contributed by atoms with Crippen LogP contribution in [0.15, 0.2) is 23.4 Å². The highest BCUT2D eigenvalue weighted by atomic mass is 16.5. The van der Waals surface area contributed by atoms with Gasteiger partial charge in [0.2, 0.25) is 0 Å². The molecule has 0 aliphatic carbocycles. The molecule has 0 bridgehead atoms. The number of amides is 1. The van der Waals surface area contributed by atoms with E-state index < -0.39 is 0 Å². The molecule has 0 radical (unpaired) electrons. The number of hydrogen-bond donors (Lipinski definition) is 3. The minimum absolute atomic E-state index is 0.00307. The van der Waals surface area contributed by atoms with Crippen molar-refractivity contribution >= 4 is 11.7 Å². The third kappa shape index (κ3) is 3.18. The molecule has 21 heavy (non-hydrogen) atoms. The maximum atomic E-state index is 12.4. The summed E-state index contributed by atoms with van der Waals surface area (Å²) in [5.74, 6) is 0.338. The van der Waals surface area contributed by atoms with Gasteiger partial charge in [-0.3, -0.25) is 4.79 Å². The molecule has 0 atom stereocenters. The fourth-order valence-electron chi connectivity index (χ4n) is 2.47. The number of aromatic hydroxyl groups is 1. The molecule has 1 aliphatic heterocycles. The number of carbonyl (C=O) groups excluding carboxylic acids is 1. The Labute approximate surface area is 122 Å². The number of benzene rings is 1. The van der Waals surface area contributed by atoms with Gasteiger partial charge in [0.1, 0.15) is 5.84 Å². The third-order valence-corrected chi connectivity index (χ3v) is 3.74. The molecule has 0 unspecified atom stereocenters. The van der Waals surface area contributed by atoms with Gasteiger partial charge < -0.3 is 25.7 Å². The van der Waals surface area contributed by atoms with E-state index in [-0.39, 0.29) is 23.4 Å². The van der Waals surface area contributed by atoms with Gasteiger partial charge in [-0.25, -0.2) is 0 Å². The van der Waals surface area contributed by atoms with Crippen molar-refractivity contribution in [3.05, 3.63) is 23.8 Å². The van der Waals surface area contributed by atoms with Crippen molar-refractivity contribution in [3.8, 4) is 11.5 Å². The van der Waals surface area contributed by atoms with Crippen LogP contribution < -0.4 is 10.5 Å². The molecule has 4 N–H and O–H groups in total. The summed E-state index contributed by atoms with van der Waals surface area (Å²) in [6, 6.07) is 4.58. The van der Waals surface area contributed by atoms with Gasteiger partial charge in [0.15, 0.2) is 11.5 Å². The van der Waals surface area contributed by atoms with Gasteiger partial charge in [-0.15, -0.1) is 0 Å². The predicted molar refractivity (Wildman–Crippen MR) is 76.7 cm³/mol. The smallest absolute Gasteiger partial charge is 0.253 e. The van der Waals surface area contributed by atoms with Crippen molar-refractivity contribution in [2.75, 3.05) is 20.2 Å². The molecule has 2 rings (SSSR count). The zero-order valence-electron chi connectivity index (χ0n) is 11.8. The normalized spacial score (nSPS) is 16.8. The van der Waals surface area contributed by atoms with Crippen molar-refractivity contribution in [1.82, 2.24) is 4.90 Å². The Hall–Kier alpha value is -2.44. The highest BCUT2D eigenvalue weighted by molar-refractivity contribution is 5.95. The van der Waals surface area contributed by atoms with Crippen LogP contribution in [-0.4, -0.2) is 47.2 Å². The average Bonchev–Trinajstić information content (AvgIpc) is 2.53. The summed E-state index contributed by atoms with van der Waals surface area (Å²) in [4.78, 5) is 14.1. The number of piperidine rings is 1. The summed E-state index contributed by atoms with van der Waals surface area (Å²) in [7, 11) is 1.45. The van der Waals surface area contributed by atoms with Crippen LogP contribution in [0.5, 0.6) is 11.5 Å². The number of likely N-dealkylation sites (tertiary alicyclic amines) is 1. The van der Waals surface area contributed by atoms with Crippen LogP contribution in [0.2, 0.25) is 0 Å². The quantitative estimate of drug-likeness (QED) is 0.333. The topological polar surface area (TPSA) is 108 Å². The number of hydrogen-bond acceptors (Lipinski definition) is 5. The van der Waals surface area contributed by atoms with Crippen molar-refractivity contribution in [2.45, 2.75) is 12.8 Å². The first kappa shape index (κ1) is 15.0. The SMILES string of the molecule is COc1ccc(C(=O)N2CCC(C(N)=NO)CC2)cc1O. The second-order valence-electron chi connectivity index (χ2n) is 4.98. The second kappa shape index (κ2) is 6.34. The summed E-state index contributed by atoms with van der Waals surface area (Å²) >= 11 is 0.